The van der Waals surface area contributed by atoms with Gasteiger partial charge in [-0.1, -0.05) is 36.4 Å². The number of nitrogens with zero attached hydrogens (tertiary/aromatic N) is 4. The van der Waals surface area contributed by atoms with Crippen molar-refractivity contribution in [2.45, 2.75) is 25.4 Å². The predicted octanol–water partition coefficient (Wildman–Crippen LogP) is 4.13. The molecule has 3 N–H and O–H groups in total. The Morgan fingerprint density at radius 1 is 1.09 bits per heavy atom. The number of fused-ring (bicyclic) bond motifs is 1. The highest BCUT2D eigenvalue weighted by Gasteiger charge is 2.21. The summed E-state index contributed by atoms with van der Waals surface area (Å²) in [7, 11) is 1.66. The molecule has 1 unspecified atom stereocenters. The fourth-order valence-corrected chi connectivity index (χ4v) is 4.25. The zero-order valence-corrected chi connectivity index (χ0v) is 19.9. The van der Waals surface area contributed by atoms with Crippen LogP contribution < -0.4 is 20.7 Å². The Labute approximate surface area is 204 Å². The molecule has 1 aliphatic heterocycles. The molecule has 0 aliphatic carbocycles. The quantitative estimate of drug-likeness (QED) is 0.296. The van der Waals surface area contributed by atoms with Gasteiger partial charge in [0.15, 0.2) is 17.0 Å². The number of nitrogens with one attached hydrogen (secondary N) is 3. The van der Waals surface area contributed by atoms with Gasteiger partial charge in [-0.25, -0.2) is 4.98 Å². The minimum absolute atomic E-state index is 0.316. The fraction of sp³-hybridized carbons (Fsp3) is 0.346. The number of aromatic nitrogens is 4. The summed E-state index contributed by atoms with van der Waals surface area (Å²) in [4.78, 5) is 14.4. The standard InChI is InChI=1S/C26H31N7O2/c1-34-13-14-35-22-11-5-9-20(15-22)30-26-31-24(28-16-19-7-3-2-4-8-19)23-25(32-26)33(18-29-23)21-10-6-12-27-17-21/h2-5,7-9,11,15,18,21,27H,6,10,12-14,16-17H2,1H3,(H2,28,30,31,32). The molecule has 1 saturated heterocycles. The number of piperidine rings is 1. The van der Waals surface area contributed by atoms with Crippen LogP contribution in [0.15, 0.2) is 60.9 Å². The molecule has 4 aromatic rings. The Hall–Kier alpha value is -3.69. The number of ether oxygens (including phenoxy) is 2. The minimum atomic E-state index is 0.316. The third-order valence-electron chi connectivity index (χ3n) is 6.03. The second kappa shape index (κ2) is 11.2. The molecule has 2 aromatic carbocycles. The second-order valence-corrected chi connectivity index (χ2v) is 8.55. The lowest BCUT2D eigenvalue weighted by molar-refractivity contribution is 0.146. The summed E-state index contributed by atoms with van der Waals surface area (Å²) in [6.07, 6.45) is 4.12. The summed E-state index contributed by atoms with van der Waals surface area (Å²) in [5.41, 5.74) is 3.61. The molecule has 5 rings (SSSR count). The van der Waals surface area contributed by atoms with Crippen molar-refractivity contribution in [1.82, 2.24) is 24.8 Å². The van der Waals surface area contributed by atoms with Gasteiger partial charge in [0, 0.05) is 38.0 Å². The topological polar surface area (TPSA) is 98.2 Å². The zero-order chi connectivity index (χ0) is 23.9. The Kier molecular flexibility index (Phi) is 7.35. The molecular weight excluding hydrogens is 442 g/mol. The van der Waals surface area contributed by atoms with Crippen molar-refractivity contribution >= 4 is 28.6 Å². The molecule has 3 heterocycles. The number of benzene rings is 2. The first-order chi connectivity index (χ1) is 17.3. The zero-order valence-electron chi connectivity index (χ0n) is 19.9. The van der Waals surface area contributed by atoms with Crippen molar-refractivity contribution < 1.29 is 9.47 Å². The fourth-order valence-electron chi connectivity index (χ4n) is 4.25. The smallest absolute Gasteiger partial charge is 0.231 e. The van der Waals surface area contributed by atoms with Crippen LogP contribution in [-0.4, -0.2) is 52.9 Å². The van der Waals surface area contributed by atoms with Gasteiger partial charge in [0.2, 0.25) is 5.95 Å². The highest BCUT2D eigenvalue weighted by atomic mass is 16.5. The molecule has 1 aliphatic rings. The van der Waals surface area contributed by atoms with Crippen LogP contribution in [0.5, 0.6) is 5.75 Å². The van der Waals surface area contributed by atoms with Gasteiger partial charge in [-0.3, -0.25) is 0 Å². The summed E-state index contributed by atoms with van der Waals surface area (Å²) in [6, 6.07) is 18.3. The van der Waals surface area contributed by atoms with Crippen molar-refractivity contribution in [3.63, 3.8) is 0 Å². The van der Waals surface area contributed by atoms with Crippen LogP contribution in [-0.2, 0) is 11.3 Å². The summed E-state index contributed by atoms with van der Waals surface area (Å²) in [5, 5.41) is 10.3. The number of rotatable bonds is 10. The first-order valence-corrected chi connectivity index (χ1v) is 12.0. The molecule has 9 heteroatoms. The highest BCUT2D eigenvalue weighted by molar-refractivity contribution is 5.85. The molecule has 35 heavy (non-hydrogen) atoms. The largest absolute Gasteiger partial charge is 0.491 e. The average molecular weight is 474 g/mol. The van der Waals surface area contributed by atoms with Crippen molar-refractivity contribution in [3.05, 3.63) is 66.5 Å². The van der Waals surface area contributed by atoms with Gasteiger partial charge in [-0.05, 0) is 37.1 Å². The lowest BCUT2D eigenvalue weighted by Crippen LogP contribution is -2.31. The lowest BCUT2D eigenvalue weighted by Gasteiger charge is -2.24. The van der Waals surface area contributed by atoms with Crippen LogP contribution in [0, 0.1) is 0 Å². The highest BCUT2D eigenvalue weighted by Crippen LogP contribution is 2.28. The summed E-state index contributed by atoms with van der Waals surface area (Å²) < 4.78 is 13.0. The normalized spacial score (nSPS) is 15.7. The first-order valence-electron chi connectivity index (χ1n) is 12.0. The van der Waals surface area contributed by atoms with E-state index in [0.29, 0.717) is 37.6 Å². The van der Waals surface area contributed by atoms with Gasteiger partial charge in [0.1, 0.15) is 12.4 Å². The van der Waals surface area contributed by atoms with Gasteiger partial charge in [-0.2, -0.15) is 9.97 Å². The first kappa shape index (κ1) is 23.1. The Bertz CT molecular complexity index is 1240. The van der Waals surface area contributed by atoms with E-state index in [2.05, 4.69) is 32.7 Å². The number of hydrogen-bond donors (Lipinski definition) is 3. The van der Waals surface area contributed by atoms with E-state index >= 15 is 0 Å². The predicted molar refractivity (Wildman–Crippen MR) is 137 cm³/mol. The van der Waals surface area contributed by atoms with Crippen molar-refractivity contribution in [1.29, 1.82) is 0 Å². The van der Waals surface area contributed by atoms with Crippen LogP contribution in [0.2, 0.25) is 0 Å². The third kappa shape index (κ3) is 5.70. The van der Waals surface area contributed by atoms with Gasteiger partial charge >= 0.3 is 0 Å². The maximum atomic E-state index is 5.75. The van der Waals surface area contributed by atoms with Gasteiger partial charge < -0.3 is 30.0 Å². The molecule has 1 fully saturated rings. The van der Waals surface area contributed by atoms with Gasteiger partial charge in [0.05, 0.1) is 12.9 Å². The van der Waals surface area contributed by atoms with E-state index in [1.807, 2.05) is 48.8 Å². The van der Waals surface area contributed by atoms with Crippen molar-refractivity contribution in [2.24, 2.45) is 0 Å². The molecule has 2 aromatic heterocycles. The second-order valence-electron chi connectivity index (χ2n) is 8.55. The third-order valence-corrected chi connectivity index (χ3v) is 6.03. The van der Waals surface area contributed by atoms with Crippen LogP contribution in [0.3, 0.4) is 0 Å². The average Bonchev–Trinajstić information content (AvgIpc) is 3.33. The molecule has 0 bridgehead atoms. The molecule has 0 spiro atoms. The van der Waals surface area contributed by atoms with E-state index in [9.17, 15) is 0 Å². The van der Waals surface area contributed by atoms with Crippen LogP contribution in [0.4, 0.5) is 17.5 Å². The molecule has 0 radical (unpaired) electrons. The van der Waals surface area contributed by atoms with E-state index in [1.54, 1.807) is 7.11 Å². The summed E-state index contributed by atoms with van der Waals surface area (Å²) in [5.74, 6) is 1.97. The van der Waals surface area contributed by atoms with Gasteiger partial charge in [-0.15, -0.1) is 0 Å². The molecule has 1 atom stereocenters. The summed E-state index contributed by atoms with van der Waals surface area (Å²) in [6.45, 7) is 3.63. The van der Waals surface area contributed by atoms with Crippen molar-refractivity contribution in [3.8, 4) is 5.75 Å². The monoisotopic (exact) mass is 473 g/mol. The maximum absolute atomic E-state index is 5.75. The van der Waals surface area contributed by atoms with E-state index in [4.69, 9.17) is 24.4 Å². The Balaban J connectivity index is 1.45. The van der Waals surface area contributed by atoms with Gasteiger partial charge in [0.25, 0.3) is 0 Å². The molecular formula is C26H31N7O2. The molecule has 0 amide bonds. The van der Waals surface area contributed by atoms with E-state index in [1.165, 1.54) is 5.56 Å². The number of methoxy groups -OCH3 is 1. The van der Waals surface area contributed by atoms with E-state index in [0.717, 1.165) is 48.5 Å². The Morgan fingerprint density at radius 3 is 2.83 bits per heavy atom. The van der Waals surface area contributed by atoms with Crippen LogP contribution in [0.25, 0.3) is 11.2 Å². The van der Waals surface area contributed by atoms with Crippen molar-refractivity contribution in [2.75, 3.05) is 44.0 Å². The Morgan fingerprint density at radius 2 is 2.00 bits per heavy atom. The van der Waals surface area contributed by atoms with E-state index < -0.39 is 0 Å². The number of hydrogen-bond acceptors (Lipinski definition) is 8. The van der Waals surface area contributed by atoms with Crippen LogP contribution >= 0.6 is 0 Å². The molecule has 182 valence electrons. The van der Waals surface area contributed by atoms with Crippen LogP contribution in [0.1, 0.15) is 24.4 Å². The van der Waals surface area contributed by atoms with E-state index in [-0.39, 0.29) is 0 Å². The number of anilines is 3. The summed E-state index contributed by atoms with van der Waals surface area (Å²) >= 11 is 0. The SMILES string of the molecule is COCCOc1cccc(Nc2nc(NCc3ccccc3)c3ncn(C4CCCNC4)c3n2)c1. The lowest BCUT2D eigenvalue weighted by atomic mass is 10.1. The molecule has 9 nitrogen and oxygen atoms in total. The molecule has 0 saturated carbocycles. The minimum Gasteiger partial charge on any atom is -0.491 e. The number of imidazole rings is 1. The maximum Gasteiger partial charge on any atom is 0.231 e.